The minimum absolute atomic E-state index is 0.0791. The average Bonchev–Trinajstić information content (AvgIpc) is 2.55. The van der Waals surface area contributed by atoms with Crippen LogP contribution in [0.5, 0.6) is 0 Å². The normalized spacial score (nSPS) is 16.7. The van der Waals surface area contributed by atoms with E-state index < -0.39 is 0 Å². The highest BCUT2D eigenvalue weighted by Gasteiger charge is 2.22. The Morgan fingerprint density at radius 3 is 2.83 bits per heavy atom. The van der Waals surface area contributed by atoms with Gasteiger partial charge in [-0.1, -0.05) is 41.4 Å². The number of carbonyl (C=O) groups is 1. The van der Waals surface area contributed by atoms with E-state index in [1.54, 1.807) is 0 Å². The molecule has 0 saturated carbocycles. The van der Waals surface area contributed by atoms with Crippen molar-refractivity contribution in [2.75, 3.05) is 5.75 Å². The van der Waals surface area contributed by atoms with Gasteiger partial charge in [-0.15, -0.1) is 11.8 Å². The molecule has 0 fully saturated rings. The van der Waals surface area contributed by atoms with Crippen molar-refractivity contribution in [3.05, 3.63) is 64.2 Å². The molecule has 1 unspecified atom stereocenters. The van der Waals surface area contributed by atoms with Crippen molar-refractivity contribution in [2.24, 2.45) is 0 Å². The van der Waals surface area contributed by atoms with Crippen LogP contribution < -0.4 is 5.32 Å². The van der Waals surface area contributed by atoms with E-state index in [1.165, 1.54) is 16.0 Å². The molecule has 0 bridgehead atoms. The maximum absolute atomic E-state index is 12.3. The molecule has 1 aliphatic heterocycles. The van der Waals surface area contributed by atoms with E-state index in [2.05, 4.69) is 36.5 Å². The summed E-state index contributed by atoms with van der Waals surface area (Å²) in [5.74, 6) is 1.13. The third-order valence-electron chi connectivity index (χ3n) is 4.11. The van der Waals surface area contributed by atoms with E-state index in [1.807, 2.05) is 30.0 Å². The molecule has 1 heterocycles. The number of thioether (sulfide) groups is 1. The predicted octanol–water partition coefficient (Wildman–Crippen LogP) is 4.93. The molecule has 2 aromatic rings. The molecular formula is C19H20ClNOS. The monoisotopic (exact) mass is 345 g/mol. The van der Waals surface area contributed by atoms with Gasteiger partial charge in [-0.05, 0) is 49.1 Å². The topological polar surface area (TPSA) is 29.1 Å². The van der Waals surface area contributed by atoms with E-state index >= 15 is 0 Å². The molecule has 120 valence electrons. The van der Waals surface area contributed by atoms with Gasteiger partial charge >= 0.3 is 0 Å². The lowest BCUT2D eigenvalue weighted by molar-refractivity contribution is -0.121. The van der Waals surface area contributed by atoms with Crippen LogP contribution in [0.2, 0.25) is 5.02 Å². The number of hydrogen-bond acceptors (Lipinski definition) is 2. The van der Waals surface area contributed by atoms with Gasteiger partial charge in [-0.25, -0.2) is 0 Å². The van der Waals surface area contributed by atoms with Crippen LogP contribution in [0.4, 0.5) is 0 Å². The van der Waals surface area contributed by atoms with E-state index in [0.717, 1.165) is 29.2 Å². The van der Waals surface area contributed by atoms with Crippen LogP contribution in [-0.4, -0.2) is 11.7 Å². The fourth-order valence-electron chi connectivity index (χ4n) is 2.79. The fraction of sp³-hybridized carbons (Fsp3) is 0.316. The summed E-state index contributed by atoms with van der Waals surface area (Å²) < 4.78 is 0. The number of hydrogen-bond donors (Lipinski definition) is 1. The van der Waals surface area contributed by atoms with Crippen molar-refractivity contribution in [3.8, 4) is 0 Å². The summed E-state index contributed by atoms with van der Waals surface area (Å²) in [4.78, 5) is 13.5. The molecule has 1 atom stereocenters. The molecular weight excluding hydrogens is 326 g/mol. The average molecular weight is 346 g/mol. The molecule has 0 spiro atoms. The third-order valence-corrected chi connectivity index (χ3v) is 5.47. The number of benzene rings is 2. The zero-order chi connectivity index (χ0) is 16.2. The summed E-state index contributed by atoms with van der Waals surface area (Å²) in [5, 5.41) is 3.90. The van der Waals surface area contributed by atoms with Gasteiger partial charge < -0.3 is 5.32 Å². The minimum Gasteiger partial charge on any atom is -0.349 e. The van der Waals surface area contributed by atoms with Crippen LogP contribution in [0, 0.1) is 6.92 Å². The number of rotatable bonds is 4. The second-order valence-corrected chi connectivity index (χ2v) is 7.50. The molecule has 1 aliphatic rings. The van der Waals surface area contributed by atoms with Gasteiger partial charge in [0, 0.05) is 22.1 Å². The lowest BCUT2D eigenvalue weighted by Crippen LogP contribution is -2.30. The van der Waals surface area contributed by atoms with Crippen LogP contribution in [0.1, 0.15) is 35.6 Å². The zero-order valence-electron chi connectivity index (χ0n) is 13.1. The molecule has 0 aliphatic carbocycles. The Balaban J connectivity index is 1.60. The van der Waals surface area contributed by atoms with Gasteiger partial charge in [0.1, 0.15) is 0 Å². The lowest BCUT2D eigenvalue weighted by atomic mass is 10.0. The van der Waals surface area contributed by atoms with Gasteiger partial charge in [-0.3, -0.25) is 4.79 Å². The highest BCUT2D eigenvalue weighted by Crippen LogP contribution is 2.37. The second kappa shape index (κ2) is 7.41. The summed E-state index contributed by atoms with van der Waals surface area (Å²) in [6.45, 7) is 2.07. The standard InChI is InChI=1S/C19H20ClNOS/c1-13-2-4-14(5-3-13)6-9-19(22)21-17-10-11-23-18-8-7-15(20)12-16(17)18/h2-5,7-8,12,17H,6,9-11H2,1H3,(H,21,22). The highest BCUT2D eigenvalue weighted by molar-refractivity contribution is 7.99. The molecule has 2 nitrogen and oxygen atoms in total. The first-order valence-electron chi connectivity index (χ1n) is 7.89. The van der Waals surface area contributed by atoms with E-state index in [0.29, 0.717) is 6.42 Å². The van der Waals surface area contributed by atoms with Crippen molar-refractivity contribution in [2.45, 2.75) is 37.1 Å². The van der Waals surface area contributed by atoms with E-state index in [9.17, 15) is 4.79 Å². The minimum atomic E-state index is 0.0791. The van der Waals surface area contributed by atoms with Crippen molar-refractivity contribution in [1.29, 1.82) is 0 Å². The molecule has 3 rings (SSSR count). The van der Waals surface area contributed by atoms with E-state index in [-0.39, 0.29) is 11.9 Å². The Hall–Kier alpha value is -1.45. The quantitative estimate of drug-likeness (QED) is 0.850. The van der Waals surface area contributed by atoms with Gasteiger partial charge in [0.25, 0.3) is 0 Å². The van der Waals surface area contributed by atoms with Gasteiger partial charge in [0.15, 0.2) is 0 Å². The molecule has 1 amide bonds. The Morgan fingerprint density at radius 1 is 1.26 bits per heavy atom. The number of halogens is 1. The number of fused-ring (bicyclic) bond motifs is 1. The first-order valence-corrected chi connectivity index (χ1v) is 9.25. The number of carbonyl (C=O) groups excluding carboxylic acids is 1. The summed E-state index contributed by atoms with van der Waals surface area (Å²) in [6.07, 6.45) is 2.24. The molecule has 23 heavy (non-hydrogen) atoms. The van der Waals surface area contributed by atoms with Crippen molar-refractivity contribution >= 4 is 29.3 Å². The molecule has 1 N–H and O–H groups in total. The molecule has 0 aromatic heterocycles. The second-order valence-electron chi connectivity index (χ2n) is 5.92. The van der Waals surface area contributed by atoms with Crippen molar-refractivity contribution in [1.82, 2.24) is 5.32 Å². The summed E-state index contributed by atoms with van der Waals surface area (Å²) in [7, 11) is 0. The van der Waals surface area contributed by atoms with Gasteiger partial charge in [-0.2, -0.15) is 0 Å². The maximum atomic E-state index is 12.3. The smallest absolute Gasteiger partial charge is 0.220 e. The van der Waals surface area contributed by atoms with Crippen molar-refractivity contribution < 1.29 is 4.79 Å². The summed E-state index contributed by atoms with van der Waals surface area (Å²) in [5.41, 5.74) is 3.59. The van der Waals surface area contributed by atoms with Crippen molar-refractivity contribution in [3.63, 3.8) is 0 Å². The number of amides is 1. The predicted molar refractivity (Wildman–Crippen MR) is 97.2 cm³/mol. The molecule has 2 aromatic carbocycles. The SMILES string of the molecule is Cc1ccc(CCC(=O)NC2CCSc3ccc(Cl)cc32)cc1. The zero-order valence-corrected chi connectivity index (χ0v) is 14.7. The Kier molecular flexibility index (Phi) is 5.29. The molecule has 0 saturated heterocycles. The lowest BCUT2D eigenvalue weighted by Gasteiger charge is -2.26. The Morgan fingerprint density at radius 2 is 2.04 bits per heavy atom. The number of aryl methyl sites for hydroxylation is 2. The molecule has 0 radical (unpaired) electrons. The molecule has 4 heteroatoms. The van der Waals surface area contributed by atoms with Gasteiger partial charge in [0.2, 0.25) is 5.91 Å². The third kappa shape index (κ3) is 4.30. The van der Waals surface area contributed by atoms with Crippen LogP contribution in [0.25, 0.3) is 0 Å². The summed E-state index contributed by atoms with van der Waals surface area (Å²) >= 11 is 7.94. The fourth-order valence-corrected chi connectivity index (χ4v) is 4.08. The first-order chi connectivity index (χ1) is 11.1. The Labute approximate surface area is 146 Å². The number of nitrogens with one attached hydrogen (secondary N) is 1. The van der Waals surface area contributed by atoms with Crippen LogP contribution in [0.3, 0.4) is 0 Å². The largest absolute Gasteiger partial charge is 0.349 e. The summed E-state index contributed by atoms with van der Waals surface area (Å²) in [6, 6.07) is 14.4. The van der Waals surface area contributed by atoms with Crippen LogP contribution in [0.15, 0.2) is 47.4 Å². The highest BCUT2D eigenvalue weighted by atomic mass is 35.5. The van der Waals surface area contributed by atoms with Crippen LogP contribution in [-0.2, 0) is 11.2 Å². The first kappa shape index (κ1) is 16.4. The van der Waals surface area contributed by atoms with Gasteiger partial charge in [0.05, 0.1) is 6.04 Å². The van der Waals surface area contributed by atoms with E-state index in [4.69, 9.17) is 11.6 Å². The maximum Gasteiger partial charge on any atom is 0.220 e. The Bertz CT molecular complexity index is 699. The van der Waals surface area contributed by atoms with Crippen LogP contribution >= 0.6 is 23.4 Å².